The van der Waals surface area contributed by atoms with Crippen LogP contribution in [0, 0.1) is 6.92 Å². The first-order valence-corrected chi connectivity index (χ1v) is 7.22. The van der Waals surface area contributed by atoms with Crippen LogP contribution in [0.1, 0.15) is 41.0 Å². The van der Waals surface area contributed by atoms with Crippen molar-refractivity contribution in [1.82, 2.24) is 9.97 Å². The number of anilines is 1. The van der Waals surface area contributed by atoms with Crippen LogP contribution in [0.3, 0.4) is 0 Å². The molecule has 0 saturated heterocycles. The molecule has 0 bridgehead atoms. The molecule has 0 saturated carbocycles. The van der Waals surface area contributed by atoms with Crippen LogP contribution in [0.5, 0.6) is 0 Å². The van der Waals surface area contributed by atoms with Gasteiger partial charge in [-0.3, -0.25) is 0 Å². The lowest BCUT2D eigenvalue weighted by Crippen LogP contribution is -2.35. The van der Waals surface area contributed by atoms with E-state index < -0.39 is 5.97 Å². The third-order valence-corrected chi connectivity index (χ3v) is 4.26. The maximum atomic E-state index is 12.0. The fraction of sp³-hybridized carbons (Fsp3) is 0.353. The summed E-state index contributed by atoms with van der Waals surface area (Å²) < 4.78 is 4.85. The molecule has 0 spiro atoms. The van der Waals surface area contributed by atoms with Gasteiger partial charge < -0.3 is 9.64 Å². The number of methoxy groups -OCH3 is 1. The van der Waals surface area contributed by atoms with Crippen molar-refractivity contribution >= 4 is 11.8 Å². The van der Waals surface area contributed by atoms with Crippen LogP contribution in [-0.2, 0) is 16.8 Å². The monoisotopic (exact) mass is 297 g/mol. The van der Waals surface area contributed by atoms with Gasteiger partial charge in [-0.1, -0.05) is 6.07 Å². The minimum absolute atomic E-state index is 0.261. The summed E-state index contributed by atoms with van der Waals surface area (Å²) in [7, 11) is 1.38. The summed E-state index contributed by atoms with van der Waals surface area (Å²) in [5.74, 6) is 0.494. The van der Waals surface area contributed by atoms with Crippen molar-refractivity contribution in [2.24, 2.45) is 0 Å². The van der Waals surface area contributed by atoms with Gasteiger partial charge in [0.05, 0.1) is 12.6 Å². The highest BCUT2D eigenvalue weighted by Crippen LogP contribution is 2.41. The highest BCUT2D eigenvalue weighted by Gasteiger charge is 2.40. The van der Waals surface area contributed by atoms with Crippen LogP contribution in [0.2, 0.25) is 0 Å². The lowest BCUT2D eigenvalue weighted by Gasteiger charge is -2.33. The maximum absolute atomic E-state index is 12.0. The Morgan fingerprint density at radius 3 is 2.68 bits per heavy atom. The van der Waals surface area contributed by atoms with Gasteiger partial charge in [0, 0.05) is 24.5 Å². The zero-order chi connectivity index (χ0) is 15.9. The molecule has 0 amide bonds. The Morgan fingerprint density at radius 2 is 2.05 bits per heavy atom. The highest BCUT2D eigenvalue weighted by molar-refractivity contribution is 5.90. The summed E-state index contributed by atoms with van der Waals surface area (Å²) in [6, 6.07) is 6.02. The summed E-state index contributed by atoms with van der Waals surface area (Å²) in [6.45, 7) is 6.86. The molecule has 0 N–H and O–H groups in total. The quantitative estimate of drug-likeness (QED) is 0.798. The first-order valence-electron chi connectivity index (χ1n) is 7.22. The Labute approximate surface area is 130 Å². The van der Waals surface area contributed by atoms with Crippen molar-refractivity contribution in [3.63, 3.8) is 0 Å². The molecular weight excluding hydrogens is 278 g/mol. The lowest BCUT2D eigenvalue weighted by molar-refractivity contribution is 0.0593. The van der Waals surface area contributed by atoms with Crippen LogP contribution in [0.4, 0.5) is 5.82 Å². The number of ether oxygens (including phenoxy) is 1. The fourth-order valence-corrected chi connectivity index (χ4v) is 2.99. The molecule has 3 rings (SSSR count). The summed E-state index contributed by atoms with van der Waals surface area (Å²) in [5, 5.41) is 0. The Bertz CT molecular complexity index is 723. The number of pyridine rings is 2. The molecule has 5 heteroatoms. The molecule has 0 atom stereocenters. The summed E-state index contributed by atoms with van der Waals surface area (Å²) in [5.41, 5.74) is 3.26. The van der Waals surface area contributed by atoms with E-state index in [1.165, 1.54) is 7.11 Å². The van der Waals surface area contributed by atoms with Crippen molar-refractivity contribution in [1.29, 1.82) is 0 Å². The Hall–Kier alpha value is -2.43. The van der Waals surface area contributed by atoms with Crippen molar-refractivity contribution < 1.29 is 9.53 Å². The maximum Gasteiger partial charge on any atom is 0.357 e. The van der Waals surface area contributed by atoms with E-state index in [4.69, 9.17) is 4.74 Å². The molecule has 114 valence electrons. The molecule has 0 radical (unpaired) electrons. The van der Waals surface area contributed by atoms with Gasteiger partial charge in [-0.2, -0.15) is 0 Å². The van der Waals surface area contributed by atoms with E-state index in [0.29, 0.717) is 12.2 Å². The van der Waals surface area contributed by atoms with E-state index in [1.54, 1.807) is 6.20 Å². The molecule has 2 aromatic heterocycles. The largest absolute Gasteiger partial charge is 0.464 e. The molecule has 0 aliphatic carbocycles. The van der Waals surface area contributed by atoms with Crippen LogP contribution in [0.25, 0.3) is 0 Å². The van der Waals surface area contributed by atoms with Gasteiger partial charge >= 0.3 is 5.97 Å². The van der Waals surface area contributed by atoms with E-state index in [2.05, 4.69) is 28.7 Å². The molecule has 0 unspecified atom stereocenters. The van der Waals surface area contributed by atoms with Crippen molar-refractivity contribution in [2.75, 3.05) is 12.0 Å². The second kappa shape index (κ2) is 5.09. The fourth-order valence-electron chi connectivity index (χ4n) is 2.99. The van der Waals surface area contributed by atoms with Crippen LogP contribution in [0.15, 0.2) is 30.6 Å². The minimum atomic E-state index is -0.397. The zero-order valence-corrected chi connectivity index (χ0v) is 13.3. The second-order valence-corrected chi connectivity index (χ2v) is 6.02. The number of rotatable bonds is 2. The minimum Gasteiger partial charge on any atom is -0.464 e. The Kier molecular flexibility index (Phi) is 3.35. The van der Waals surface area contributed by atoms with Crippen molar-refractivity contribution in [3.05, 3.63) is 53.0 Å². The molecule has 3 heterocycles. The van der Waals surface area contributed by atoms with Crippen molar-refractivity contribution in [3.8, 4) is 0 Å². The van der Waals surface area contributed by atoms with E-state index in [-0.39, 0.29) is 5.54 Å². The number of hydrogen-bond donors (Lipinski definition) is 0. The average molecular weight is 297 g/mol. The number of aryl methyl sites for hydroxylation is 1. The van der Waals surface area contributed by atoms with Crippen LogP contribution >= 0.6 is 0 Å². The average Bonchev–Trinajstić information content (AvgIpc) is 2.79. The first kappa shape index (κ1) is 14.5. The normalized spacial score (nSPS) is 15.5. The second-order valence-electron chi connectivity index (χ2n) is 6.02. The first-order chi connectivity index (χ1) is 10.4. The molecule has 1 aliphatic heterocycles. The third-order valence-electron chi connectivity index (χ3n) is 4.26. The van der Waals surface area contributed by atoms with E-state index in [1.807, 2.05) is 31.3 Å². The van der Waals surface area contributed by atoms with Gasteiger partial charge in [0.15, 0.2) is 5.69 Å². The number of carbonyl (C=O) groups excluding carboxylic acids is 1. The number of esters is 1. The van der Waals surface area contributed by atoms with Gasteiger partial charge in [0.1, 0.15) is 5.82 Å². The number of aromatic nitrogens is 2. The number of carbonyl (C=O) groups is 1. The number of fused-ring (bicyclic) bond motifs is 1. The molecule has 2 aromatic rings. The molecule has 5 nitrogen and oxygen atoms in total. The van der Waals surface area contributed by atoms with Gasteiger partial charge in [0.2, 0.25) is 0 Å². The molecule has 0 fully saturated rings. The van der Waals surface area contributed by atoms with Gasteiger partial charge in [-0.25, -0.2) is 14.8 Å². The summed E-state index contributed by atoms with van der Waals surface area (Å²) in [4.78, 5) is 22.9. The standard InChI is InChI=1S/C17H19N3O2/c1-11-5-6-14(19-9-11)20-10-12-13(17(20,2)3)7-8-18-15(12)16(21)22-4/h5-9H,10H2,1-4H3. The topological polar surface area (TPSA) is 55.3 Å². The van der Waals surface area contributed by atoms with E-state index in [0.717, 1.165) is 22.5 Å². The third kappa shape index (κ3) is 2.13. The predicted octanol–water partition coefficient (Wildman–Crippen LogP) is 2.83. The Balaban J connectivity index is 2.08. The van der Waals surface area contributed by atoms with Gasteiger partial charge in [0.25, 0.3) is 0 Å². The zero-order valence-electron chi connectivity index (χ0n) is 13.3. The van der Waals surface area contributed by atoms with Crippen LogP contribution < -0.4 is 4.90 Å². The molecule has 22 heavy (non-hydrogen) atoms. The smallest absolute Gasteiger partial charge is 0.357 e. The lowest BCUT2D eigenvalue weighted by atomic mass is 9.94. The molecular formula is C17H19N3O2. The number of nitrogens with zero attached hydrogens (tertiary/aromatic N) is 3. The molecule has 0 aromatic carbocycles. The van der Waals surface area contributed by atoms with Crippen LogP contribution in [-0.4, -0.2) is 23.0 Å². The van der Waals surface area contributed by atoms with E-state index in [9.17, 15) is 4.79 Å². The highest BCUT2D eigenvalue weighted by atomic mass is 16.5. The summed E-state index contributed by atoms with van der Waals surface area (Å²) in [6.07, 6.45) is 3.52. The predicted molar refractivity (Wildman–Crippen MR) is 83.8 cm³/mol. The van der Waals surface area contributed by atoms with Crippen molar-refractivity contribution in [2.45, 2.75) is 32.9 Å². The number of hydrogen-bond acceptors (Lipinski definition) is 5. The van der Waals surface area contributed by atoms with E-state index >= 15 is 0 Å². The van der Waals surface area contributed by atoms with Gasteiger partial charge in [-0.15, -0.1) is 0 Å². The summed E-state index contributed by atoms with van der Waals surface area (Å²) >= 11 is 0. The van der Waals surface area contributed by atoms with Gasteiger partial charge in [-0.05, 0) is 44.0 Å². The molecule has 1 aliphatic rings. The Morgan fingerprint density at radius 1 is 1.27 bits per heavy atom. The SMILES string of the molecule is COC(=O)c1nccc2c1CN(c1ccc(C)cn1)C2(C)C.